The maximum Gasteiger partial charge on any atom is -0.0300 e. The monoisotopic (exact) mass is 352 g/mol. The third kappa shape index (κ3) is 13.8. The van der Waals surface area contributed by atoms with E-state index in [0.29, 0.717) is 5.41 Å². The zero-order chi connectivity index (χ0) is 18.8. The first-order valence-electron chi connectivity index (χ1n) is 12.1. The van der Waals surface area contributed by atoms with Crippen molar-refractivity contribution in [2.45, 2.75) is 150 Å². The molecular formula is C25H52. The van der Waals surface area contributed by atoms with Gasteiger partial charge in [0.15, 0.2) is 0 Å². The van der Waals surface area contributed by atoms with Crippen LogP contribution in [-0.4, -0.2) is 0 Å². The van der Waals surface area contributed by atoms with E-state index in [-0.39, 0.29) is 0 Å². The minimum atomic E-state index is 0.599. The van der Waals surface area contributed by atoms with Crippen molar-refractivity contribution >= 4 is 0 Å². The number of unbranched alkanes of at least 4 members (excludes halogenated alkanes) is 12. The van der Waals surface area contributed by atoms with E-state index in [0.717, 1.165) is 5.92 Å². The van der Waals surface area contributed by atoms with Crippen molar-refractivity contribution in [2.24, 2.45) is 11.3 Å². The van der Waals surface area contributed by atoms with Crippen molar-refractivity contribution in [1.82, 2.24) is 0 Å². The van der Waals surface area contributed by atoms with Gasteiger partial charge >= 0.3 is 0 Å². The molecule has 0 aromatic carbocycles. The minimum absolute atomic E-state index is 0.599. The van der Waals surface area contributed by atoms with Crippen LogP contribution in [0.2, 0.25) is 0 Å². The summed E-state index contributed by atoms with van der Waals surface area (Å²) in [4.78, 5) is 0. The summed E-state index contributed by atoms with van der Waals surface area (Å²) >= 11 is 0. The Hall–Kier alpha value is 0. The molecular weight excluding hydrogens is 300 g/mol. The molecule has 0 bridgehead atoms. The van der Waals surface area contributed by atoms with Gasteiger partial charge in [0.05, 0.1) is 0 Å². The first kappa shape index (κ1) is 25.0. The van der Waals surface area contributed by atoms with Gasteiger partial charge in [-0.1, -0.05) is 137 Å². The van der Waals surface area contributed by atoms with Crippen molar-refractivity contribution < 1.29 is 0 Å². The first-order valence-corrected chi connectivity index (χ1v) is 12.1. The Morgan fingerprint density at radius 2 is 0.960 bits per heavy atom. The van der Waals surface area contributed by atoms with Gasteiger partial charge in [0.1, 0.15) is 0 Å². The SMILES string of the molecule is CCCCCCCCCCCCCC(C)(CCC)C(C)CCCCC. The highest BCUT2D eigenvalue weighted by Crippen LogP contribution is 2.40. The van der Waals surface area contributed by atoms with Crippen molar-refractivity contribution in [3.8, 4) is 0 Å². The minimum Gasteiger partial charge on any atom is -0.0654 e. The quantitative estimate of drug-likeness (QED) is 0.203. The molecule has 0 aliphatic rings. The van der Waals surface area contributed by atoms with Gasteiger partial charge in [-0.25, -0.2) is 0 Å². The summed E-state index contributed by atoms with van der Waals surface area (Å²) in [5.74, 6) is 0.905. The third-order valence-electron chi connectivity index (χ3n) is 6.60. The van der Waals surface area contributed by atoms with Gasteiger partial charge in [-0.2, -0.15) is 0 Å². The smallest absolute Gasteiger partial charge is 0.0300 e. The Labute approximate surface area is 161 Å². The van der Waals surface area contributed by atoms with Crippen LogP contribution in [0.4, 0.5) is 0 Å². The Morgan fingerprint density at radius 3 is 1.44 bits per heavy atom. The van der Waals surface area contributed by atoms with Gasteiger partial charge in [-0.05, 0) is 24.2 Å². The predicted molar refractivity (Wildman–Crippen MR) is 117 cm³/mol. The van der Waals surface area contributed by atoms with Crippen LogP contribution >= 0.6 is 0 Å². The van der Waals surface area contributed by atoms with Gasteiger partial charge in [0, 0.05) is 0 Å². The lowest BCUT2D eigenvalue weighted by Crippen LogP contribution is -2.25. The molecule has 0 N–H and O–H groups in total. The van der Waals surface area contributed by atoms with E-state index in [4.69, 9.17) is 0 Å². The van der Waals surface area contributed by atoms with Crippen LogP contribution in [-0.2, 0) is 0 Å². The van der Waals surface area contributed by atoms with Crippen LogP contribution in [0.5, 0.6) is 0 Å². The van der Waals surface area contributed by atoms with E-state index >= 15 is 0 Å². The molecule has 0 radical (unpaired) electrons. The maximum absolute atomic E-state index is 2.59. The van der Waals surface area contributed by atoms with E-state index in [9.17, 15) is 0 Å². The number of rotatable bonds is 19. The highest BCUT2D eigenvalue weighted by atomic mass is 14.3. The fourth-order valence-electron chi connectivity index (χ4n) is 4.43. The molecule has 25 heavy (non-hydrogen) atoms. The molecule has 152 valence electrons. The second-order valence-corrected chi connectivity index (χ2v) is 9.09. The fourth-order valence-corrected chi connectivity index (χ4v) is 4.43. The molecule has 0 rings (SSSR count). The van der Waals surface area contributed by atoms with Crippen LogP contribution in [0.3, 0.4) is 0 Å². The van der Waals surface area contributed by atoms with E-state index < -0.39 is 0 Å². The molecule has 0 aliphatic carbocycles. The van der Waals surface area contributed by atoms with Gasteiger partial charge in [-0.15, -0.1) is 0 Å². The standard InChI is InChI=1S/C25H52/c1-6-9-11-12-13-14-15-16-17-18-20-23-25(5,22-8-3)24(4)21-19-10-7-2/h24H,6-23H2,1-5H3. The summed E-state index contributed by atoms with van der Waals surface area (Å²) in [6.07, 6.45) is 26.0. The summed E-state index contributed by atoms with van der Waals surface area (Å²) in [7, 11) is 0. The largest absolute Gasteiger partial charge is 0.0654 e. The third-order valence-corrected chi connectivity index (χ3v) is 6.60. The lowest BCUT2D eigenvalue weighted by atomic mass is 9.69. The van der Waals surface area contributed by atoms with Gasteiger partial charge < -0.3 is 0 Å². The molecule has 0 fully saturated rings. The van der Waals surface area contributed by atoms with E-state index in [1.54, 1.807) is 0 Å². The predicted octanol–water partition coefficient (Wildman–Crippen LogP) is 9.71. The molecule has 2 atom stereocenters. The molecule has 0 saturated heterocycles. The maximum atomic E-state index is 2.59. The Bertz CT molecular complexity index is 257. The highest BCUT2D eigenvalue weighted by Gasteiger charge is 2.29. The molecule has 0 amide bonds. The van der Waals surface area contributed by atoms with Gasteiger partial charge in [-0.3, -0.25) is 0 Å². The zero-order valence-electron chi connectivity index (χ0n) is 18.8. The average molecular weight is 353 g/mol. The molecule has 0 aromatic rings. The average Bonchev–Trinajstić information content (AvgIpc) is 2.60. The van der Waals surface area contributed by atoms with Crippen LogP contribution in [0.1, 0.15) is 150 Å². The molecule has 0 spiro atoms. The molecule has 0 aliphatic heterocycles. The molecule has 0 heterocycles. The molecule has 0 nitrogen and oxygen atoms in total. The fraction of sp³-hybridized carbons (Fsp3) is 1.00. The second-order valence-electron chi connectivity index (χ2n) is 9.09. The van der Waals surface area contributed by atoms with Crippen molar-refractivity contribution in [3.05, 3.63) is 0 Å². The van der Waals surface area contributed by atoms with Gasteiger partial charge in [0.2, 0.25) is 0 Å². The zero-order valence-corrected chi connectivity index (χ0v) is 18.8. The summed E-state index contributed by atoms with van der Waals surface area (Å²) in [5.41, 5.74) is 0.599. The van der Waals surface area contributed by atoms with Crippen LogP contribution in [0.15, 0.2) is 0 Å². The topological polar surface area (TPSA) is 0 Å². The van der Waals surface area contributed by atoms with Crippen molar-refractivity contribution in [1.29, 1.82) is 0 Å². The Morgan fingerprint density at radius 1 is 0.520 bits per heavy atom. The molecule has 0 saturated carbocycles. The van der Waals surface area contributed by atoms with Crippen LogP contribution in [0, 0.1) is 11.3 Å². The molecule has 2 unspecified atom stereocenters. The first-order chi connectivity index (χ1) is 12.1. The lowest BCUT2D eigenvalue weighted by Gasteiger charge is -2.36. The number of hydrogen-bond acceptors (Lipinski definition) is 0. The molecule has 0 aromatic heterocycles. The summed E-state index contributed by atoms with van der Waals surface area (Å²) in [6.45, 7) is 12.1. The highest BCUT2D eigenvalue weighted by molar-refractivity contribution is 4.80. The van der Waals surface area contributed by atoms with Crippen molar-refractivity contribution in [2.75, 3.05) is 0 Å². The Kier molecular flexibility index (Phi) is 17.4. The van der Waals surface area contributed by atoms with Crippen LogP contribution < -0.4 is 0 Å². The normalized spacial score (nSPS) is 15.2. The van der Waals surface area contributed by atoms with E-state index in [2.05, 4.69) is 34.6 Å². The lowest BCUT2D eigenvalue weighted by molar-refractivity contribution is 0.147. The van der Waals surface area contributed by atoms with Crippen LogP contribution in [0.25, 0.3) is 0 Å². The summed E-state index contributed by atoms with van der Waals surface area (Å²) in [6, 6.07) is 0. The molecule has 0 heteroatoms. The number of hydrogen-bond donors (Lipinski definition) is 0. The van der Waals surface area contributed by atoms with Gasteiger partial charge in [0.25, 0.3) is 0 Å². The summed E-state index contributed by atoms with van der Waals surface area (Å²) in [5, 5.41) is 0. The second kappa shape index (κ2) is 17.4. The Balaban J connectivity index is 3.74. The van der Waals surface area contributed by atoms with Crippen molar-refractivity contribution in [3.63, 3.8) is 0 Å². The summed E-state index contributed by atoms with van der Waals surface area (Å²) < 4.78 is 0. The van der Waals surface area contributed by atoms with E-state index in [1.165, 1.54) is 116 Å². The van der Waals surface area contributed by atoms with E-state index in [1.807, 2.05) is 0 Å².